The zero-order valence-electron chi connectivity index (χ0n) is 11.8. The van der Waals surface area contributed by atoms with Gasteiger partial charge in [0.05, 0.1) is 10.6 Å². The summed E-state index contributed by atoms with van der Waals surface area (Å²) in [6.07, 6.45) is -0.405. The minimum absolute atomic E-state index is 0. The van der Waals surface area contributed by atoms with Crippen molar-refractivity contribution in [2.75, 3.05) is 32.8 Å². The van der Waals surface area contributed by atoms with Crippen molar-refractivity contribution in [1.29, 1.82) is 0 Å². The van der Waals surface area contributed by atoms with Gasteiger partial charge in [-0.05, 0) is 28.1 Å². The first kappa shape index (κ1) is 17.3. The Morgan fingerprint density at radius 1 is 1.36 bits per heavy atom. The molecule has 0 aliphatic carbocycles. The molecule has 2 aliphatic rings. The fourth-order valence-corrected chi connectivity index (χ4v) is 3.05. The van der Waals surface area contributed by atoms with Crippen molar-refractivity contribution in [3.63, 3.8) is 0 Å². The lowest BCUT2D eigenvalue weighted by molar-refractivity contribution is 0.0925. The number of hydrogen-bond acceptors (Lipinski definition) is 5. The highest BCUT2D eigenvalue weighted by molar-refractivity contribution is 9.10. The molecule has 1 fully saturated rings. The highest BCUT2D eigenvalue weighted by Crippen LogP contribution is 2.38. The molecule has 1 aromatic carbocycles. The summed E-state index contributed by atoms with van der Waals surface area (Å²) < 4.78 is 11.7. The summed E-state index contributed by atoms with van der Waals surface area (Å²) >= 11 is 3.39. The summed E-state index contributed by atoms with van der Waals surface area (Å²) in [4.78, 5) is 12.2. The topological polar surface area (TPSA) is 79.8 Å². The van der Waals surface area contributed by atoms with E-state index in [4.69, 9.17) is 9.47 Å². The van der Waals surface area contributed by atoms with E-state index in [0.29, 0.717) is 54.4 Å². The number of nitrogens with one attached hydrogen (secondary N) is 2. The quantitative estimate of drug-likeness (QED) is 0.713. The second-order valence-corrected chi connectivity index (χ2v) is 6.03. The fourth-order valence-electron chi connectivity index (χ4n) is 2.50. The van der Waals surface area contributed by atoms with Crippen molar-refractivity contribution in [3.05, 3.63) is 22.2 Å². The highest BCUT2D eigenvalue weighted by Gasteiger charge is 2.25. The van der Waals surface area contributed by atoms with Crippen LogP contribution in [0.5, 0.6) is 11.5 Å². The van der Waals surface area contributed by atoms with Crippen molar-refractivity contribution < 1.29 is 19.4 Å². The maximum absolute atomic E-state index is 12.2. The van der Waals surface area contributed by atoms with E-state index in [1.165, 1.54) is 0 Å². The van der Waals surface area contributed by atoms with Gasteiger partial charge in [0.15, 0.2) is 11.5 Å². The van der Waals surface area contributed by atoms with Crippen LogP contribution < -0.4 is 20.1 Å². The first-order valence-electron chi connectivity index (χ1n) is 6.91. The lowest BCUT2D eigenvalue weighted by atomic mass is 10.1. The van der Waals surface area contributed by atoms with Gasteiger partial charge in [-0.25, -0.2) is 0 Å². The number of rotatable bonds is 3. The van der Waals surface area contributed by atoms with E-state index in [0.717, 1.165) is 0 Å². The molecule has 3 rings (SSSR count). The van der Waals surface area contributed by atoms with Gasteiger partial charge in [0.25, 0.3) is 5.91 Å². The van der Waals surface area contributed by atoms with E-state index in [1.54, 1.807) is 12.1 Å². The second-order valence-electron chi connectivity index (χ2n) is 5.18. The Morgan fingerprint density at radius 2 is 2.14 bits per heavy atom. The summed E-state index contributed by atoms with van der Waals surface area (Å²) in [5.41, 5.74) is 0.506. The van der Waals surface area contributed by atoms with Crippen molar-refractivity contribution in [3.8, 4) is 11.5 Å². The molecule has 3 N–H and O–H groups in total. The standard InChI is InChI=1S/C14H17BrN2O4.ClH/c15-10-3-8(4-12-13(10)21-2-1-20-12)14(19)17-6-9-5-16-7-11(9)18;/h3-4,9,11,16,18H,1-2,5-7H2,(H,17,19);1H. The van der Waals surface area contributed by atoms with Gasteiger partial charge >= 0.3 is 0 Å². The third-order valence-corrected chi connectivity index (χ3v) is 4.28. The zero-order valence-corrected chi connectivity index (χ0v) is 14.2. The summed E-state index contributed by atoms with van der Waals surface area (Å²) in [6.45, 7) is 2.72. The maximum Gasteiger partial charge on any atom is 0.251 e. The second kappa shape index (κ2) is 7.50. The number of ether oxygens (including phenoxy) is 2. The number of hydrogen-bond donors (Lipinski definition) is 3. The predicted molar refractivity (Wildman–Crippen MR) is 87.1 cm³/mol. The molecule has 6 nitrogen and oxygen atoms in total. The minimum Gasteiger partial charge on any atom is -0.486 e. The van der Waals surface area contributed by atoms with E-state index < -0.39 is 6.10 Å². The Morgan fingerprint density at radius 3 is 2.86 bits per heavy atom. The molecule has 1 saturated heterocycles. The van der Waals surface area contributed by atoms with Crippen LogP contribution >= 0.6 is 28.3 Å². The van der Waals surface area contributed by atoms with Crippen LogP contribution in [0.3, 0.4) is 0 Å². The minimum atomic E-state index is -0.405. The SMILES string of the molecule is Cl.O=C(NCC1CNCC1O)c1cc(Br)c2c(c1)OCCO2. The summed E-state index contributed by atoms with van der Waals surface area (Å²) in [5.74, 6) is 1.07. The molecule has 2 atom stereocenters. The first-order valence-corrected chi connectivity index (χ1v) is 7.70. The molecule has 2 unspecified atom stereocenters. The van der Waals surface area contributed by atoms with Crippen LogP contribution in [0, 0.1) is 5.92 Å². The molecule has 8 heteroatoms. The van der Waals surface area contributed by atoms with E-state index in [9.17, 15) is 9.90 Å². The normalized spacial score (nSPS) is 22.8. The van der Waals surface area contributed by atoms with Crippen molar-refractivity contribution in [1.82, 2.24) is 10.6 Å². The maximum atomic E-state index is 12.2. The van der Waals surface area contributed by atoms with Crippen molar-refractivity contribution in [2.45, 2.75) is 6.10 Å². The number of aliphatic hydroxyl groups is 1. The van der Waals surface area contributed by atoms with Gasteiger partial charge in [0, 0.05) is 31.1 Å². The van der Waals surface area contributed by atoms with Gasteiger partial charge in [-0.15, -0.1) is 12.4 Å². The first-order chi connectivity index (χ1) is 10.1. The number of aliphatic hydroxyl groups excluding tert-OH is 1. The smallest absolute Gasteiger partial charge is 0.251 e. The molecule has 0 aromatic heterocycles. The van der Waals surface area contributed by atoms with Crippen LogP contribution in [-0.2, 0) is 0 Å². The van der Waals surface area contributed by atoms with Gasteiger partial charge in [-0.1, -0.05) is 0 Å². The van der Waals surface area contributed by atoms with Gasteiger partial charge < -0.3 is 25.2 Å². The summed E-state index contributed by atoms with van der Waals surface area (Å²) in [7, 11) is 0. The zero-order chi connectivity index (χ0) is 14.8. The van der Waals surface area contributed by atoms with E-state index >= 15 is 0 Å². The molecule has 0 bridgehead atoms. The molecule has 1 amide bonds. The van der Waals surface area contributed by atoms with Crippen molar-refractivity contribution >= 4 is 34.2 Å². The number of benzene rings is 1. The van der Waals surface area contributed by atoms with Gasteiger partial charge in [0.2, 0.25) is 0 Å². The molecule has 1 aromatic rings. The molecule has 0 radical (unpaired) electrons. The Balaban J connectivity index is 0.00000176. The van der Waals surface area contributed by atoms with E-state index in [-0.39, 0.29) is 24.2 Å². The third kappa shape index (κ3) is 3.65. The van der Waals surface area contributed by atoms with Gasteiger partial charge in [-0.3, -0.25) is 4.79 Å². The van der Waals surface area contributed by atoms with E-state index in [1.807, 2.05) is 0 Å². The van der Waals surface area contributed by atoms with Crippen LogP contribution in [0.4, 0.5) is 0 Å². The molecular weight excluding hydrogens is 376 g/mol. The number of carbonyl (C=O) groups is 1. The molecular formula is C14H18BrClN2O4. The largest absolute Gasteiger partial charge is 0.486 e. The average molecular weight is 394 g/mol. The molecule has 2 aliphatic heterocycles. The highest BCUT2D eigenvalue weighted by atomic mass is 79.9. The lowest BCUT2D eigenvalue weighted by Gasteiger charge is -2.20. The monoisotopic (exact) mass is 392 g/mol. The number of β-amino-alcohol motifs (C(OH)–C–C–N with tert-alkyl or cyclic N) is 1. The molecule has 22 heavy (non-hydrogen) atoms. The number of halogens is 2. The molecule has 0 spiro atoms. The Labute approximate surface area is 143 Å². The van der Waals surface area contributed by atoms with Gasteiger partial charge in [-0.2, -0.15) is 0 Å². The Kier molecular flexibility index (Phi) is 5.91. The van der Waals surface area contributed by atoms with Crippen LogP contribution in [0.15, 0.2) is 16.6 Å². The van der Waals surface area contributed by atoms with Gasteiger partial charge in [0.1, 0.15) is 13.2 Å². The lowest BCUT2D eigenvalue weighted by Crippen LogP contribution is -2.34. The summed E-state index contributed by atoms with van der Waals surface area (Å²) in [5, 5.41) is 15.7. The number of fused-ring (bicyclic) bond motifs is 1. The molecule has 0 saturated carbocycles. The van der Waals surface area contributed by atoms with Crippen LogP contribution in [0.1, 0.15) is 10.4 Å². The third-order valence-electron chi connectivity index (χ3n) is 3.69. The molecule has 122 valence electrons. The van der Waals surface area contributed by atoms with Crippen LogP contribution in [0.25, 0.3) is 0 Å². The van der Waals surface area contributed by atoms with Crippen molar-refractivity contribution in [2.24, 2.45) is 5.92 Å². The predicted octanol–water partition coefficient (Wildman–Crippen LogP) is 0.952. The Bertz CT molecular complexity index is 558. The molecule has 2 heterocycles. The van der Waals surface area contributed by atoms with Crippen LogP contribution in [0.2, 0.25) is 0 Å². The Hall–Kier alpha value is -1.02. The summed E-state index contributed by atoms with van der Waals surface area (Å²) in [6, 6.07) is 3.39. The number of amides is 1. The number of carbonyl (C=O) groups excluding carboxylic acids is 1. The van der Waals surface area contributed by atoms with E-state index in [2.05, 4.69) is 26.6 Å². The fraction of sp³-hybridized carbons (Fsp3) is 0.500. The van der Waals surface area contributed by atoms with Crippen LogP contribution in [-0.4, -0.2) is 50.0 Å². The average Bonchev–Trinajstić information content (AvgIpc) is 2.90.